The molecule has 33 heavy (non-hydrogen) atoms. The van der Waals surface area contributed by atoms with E-state index in [1.54, 1.807) is 31.2 Å². The number of furan rings is 1. The Morgan fingerprint density at radius 2 is 1.76 bits per heavy atom. The van der Waals surface area contributed by atoms with Gasteiger partial charge in [-0.3, -0.25) is 9.59 Å². The van der Waals surface area contributed by atoms with Gasteiger partial charge in [-0.2, -0.15) is 0 Å². The predicted molar refractivity (Wildman–Crippen MR) is 124 cm³/mol. The molecule has 0 bridgehead atoms. The smallest absolute Gasteiger partial charge is 0.329 e. The van der Waals surface area contributed by atoms with Crippen molar-refractivity contribution in [1.82, 2.24) is 10.6 Å². The van der Waals surface area contributed by atoms with Gasteiger partial charge in [0.05, 0.1) is 12.3 Å². The van der Waals surface area contributed by atoms with Crippen LogP contribution in [0, 0.1) is 0 Å². The second kappa shape index (κ2) is 11.5. The molecule has 0 saturated carbocycles. The molecule has 3 aromatic rings. The zero-order valence-electron chi connectivity index (χ0n) is 17.7. The van der Waals surface area contributed by atoms with Gasteiger partial charge in [0, 0.05) is 16.5 Å². The molecule has 0 spiro atoms. The summed E-state index contributed by atoms with van der Waals surface area (Å²) in [4.78, 5) is 37.5. The minimum absolute atomic E-state index is 0.0623. The predicted octanol–water partition coefficient (Wildman–Crippen LogP) is 4.35. The van der Waals surface area contributed by atoms with Crippen LogP contribution in [0.5, 0.6) is 0 Å². The lowest BCUT2D eigenvalue weighted by molar-refractivity contribution is -0.150. The summed E-state index contributed by atoms with van der Waals surface area (Å²) in [5.74, 6) is -1.76. The lowest BCUT2D eigenvalue weighted by Crippen LogP contribution is -2.44. The zero-order chi connectivity index (χ0) is 23.8. The molecule has 172 valence electrons. The molecular formula is C24H22Cl2N2O5. The Balaban J connectivity index is 1.60. The third-order valence-electron chi connectivity index (χ3n) is 4.77. The Labute approximate surface area is 201 Å². The van der Waals surface area contributed by atoms with Crippen LogP contribution in [0.25, 0.3) is 0 Å². The number of amides is 2. The van der Waals surface area contributed by atoms with E-state index >= 15 is 0 Å². The van der Waals surface area contributed by atoms with Gasteiger partial charge in [0.25, 0.3) is 11.8 Å². The number of hydrogen-bond acceptors (Lipinski definition) is 5. The quantitative estimate of drug-likeness (QED) is 0.436. The first-order valence-electron chi connectivity index (χ1n) is 10.1. The summed E-state index contributed by atoms with van der Waals surface area (Å²) in [5, 5.41) is 6.22. The summed E-state index contributed by atoms with van der Waals surface area (Å²) in [6, 6.07) is 15.7. The number of rotatable bonds is 9. The molecule has 2 unspecified atom stereocenters. The van der Waals surface area contributed by atoms with E-state index in [9.17, 15) is 14.4 Å². The van der Waals surface area contributed by atoms with Gasteiger partial charge >= 0.3 is 5.97 Å². The van der Waals surface area contributed by atoms with Crippen molar-refractivity contribution in [2.24, 2.45) is 0 Å². The number of carbonyl (C=O) groups is 3. The highest BCUT2D eigenvalue weighted by Gasteiger charge is 2.25. The molecule has 0 aliphatic carbocycles. The maximum absolute atomic E-state index is 12.7. The first-order valence-corrected chi connectivity index (χ1v) is 10.9. The second-order valence-corrected chi connectivity index (χ2v) is 8.10. The van der Waals surface area contributed by atoms with Crippen molar-refractivity contribution in [3.8, 4) is 0 Å². The van der Waals surface area contributed by atoms with Gasteiger partial charge in [0.2, 0.25) is 0 Å². The number of carbonyl (C=O) groups excluding carboxylic acids is 3. The molecule has 3 rings (SSSR count). The molecule has 2 aromatic carbocycles. The van der Waals surface area contributed by atoms with Crippen LogP contribution in [0.15, 0.2) is 71.3 Å². The summed E-state index contributed by atoms with van der Waals surface area (Å²) >= 11 is 12.1. The normalized spacial score (nSPS) is 12.5. The molecule has 0 aliphatic heterocycles. The zero-order valence-corrected chi connectivity index (χ0v) is 19.2. The van der Waals surface area contributed by atoms with Gasteiger partial charge in [0.1, 0.15) is 6.04 Å². The fraction of sp³-hybridized carbons (Fsp3) is 0.208. The average Bonchev–Trinajstić information content (AvgIpc) is 3.33. The summed E-state index contributed by atoms with van der Waals surface area (Å²) in [7, 11) is 0. The fourth-order valence-corrected chi connectivity index (χ4v) is 3.70. The SMILES string of the molecule is CC(NC(=O)COC(=O)C(Cc1ccccc1)NC(=O)c1ccco1)c1ccc(Cl)cc1Cl. The third-order valence-corrected chi connectivity index (χ3v) is 5.33. The molecule has 9 heteroatoms. The monoisotopic (exact) mass is 488 g/mol. The van der Waals surface area contributed by atoms with Crippen LogP contribution in [0.4, 0.5) is 0 Å². The van der Waals surface area contributed by atoms with Gasteiger partial charge < -0.3 is 19.8 Å². The van der Waals surface area contributed by atoms with E-state index < -0.39 is 36.5 Å². The van der Waals surface area contributed by atoms with E-state index in [2.05, 4.69) is 10.6 Å². The Bertz CT molecular complexity index is 1100. The number of ether oxygens (including phenoxy) is 1. The highest BCUT2D eigenvalue weighted by molar-refractivity contribution is 6.35. The van der Waals surface area contributed by atoms with Gasteiger partial charge in [-0.1, -0.05) is 59.6 Å². The molecule has 1 aromatic heterocycles. The van der Waals surface area contributed by atoms with Crippen LogP contribution < -0.4 is 10.6 Å². The molecular weight excluding hydrogens is 467 g/mol. The first-order chi connectivity index (χ1) is 15.8. The number of halogens is 2. The Kier molecular flexibility index (Phi) is 8.52. The molecule has 2 N–H and O–H groups in total. The maximum Gasteiger partial charge on any atom is 0.329 e. The van der Waals surface area contributed by atoms with E-state index in [0.29, 0.717) is 15.6 Å². The number of benzene rings is 2. The summed E-state index contributed by atoms with van der Waals surface area (Å²) in [5.41, 5.74) is 1.49. The minimum Gasteiger partial charge on any atom is -0.459 e. The standard InChI is InChI=1S/C24H22Cl2N2O5/c1-15(18-10-9-17(25)13-19(18)26)27-22(29)14-33-24(31)20(12-16-6-3-2-4-7-16)28-23(30)21-8-5-11-32-21/h2-11,13,15,20H,12,14H2,1H3,(H,27,29)(H,28,30). The van der Waals surface area contributed by atoms with Gasteiger partial charge in [0.15, 0.2) is 12.4 Å². The van der Waals surface area contributed by atoms with E-state index in [1.165, 1.54) is 12.3 Å². The van der Waals surface area contributed by atoms with Crippen LogP contribution in [0.2, 0.25) is 10.0 Å². The third kappa shape index (κ3) is 7.10. The highest BCUT2D eigenvalue weighted by atomic mass is 35.5. The van der Waals surface area contributed by atoms with Crippen molar-refractivity contribution in [1.29, 1.82) is 0 Å². The van der Waals surface area contributed by atoms with E-state index in [0.717, 1.165) is 5.56 Å². The lowest BCUT2D eigenvalue weighted by atomic mass is 10.1. The van der Waals surface area contributed by atoms with Crippen molar-refractivity contribution < 1.29 is 23.5 Å². The number of esters is 1. The van der Waals surface area contributed by atoms with Crippen molar-refractivity contribution in [2.75, 3.05) is 6.61 Å². The van der Waals surface area contributed by atoms with E-state index in [4.69, 9.17) is 32.4 Å². The van der Waals surface area contributed by atoms with Gasteiger partial charge in [-0.15, -0.1) is 0 Å². The Morgan fingerprint density at radius 1 is 1.00 bits per heavy atom. The molecule has 2 atom stereocenters. The van der Waals surface area contributed by atoms with Crippen LogP contribution in [0.3, 0.4) is 0 Å². The molecule has 7 nitrogen and oxygen atoms in total. The van der Waals surface area contributed by atoms with Crippen molar-refractivity contribution in [3.63, 3.8) is 0 Å². The van der Waals surface area contributed by atoms with Crippen LogP contribution in [-0.2, 0) is 20.7 Å². The Hall–Kier alpha value is -3.29. The summed E-state index contributed by atoms with van der Waals surface area (Å²) in [6.07, 6.45) is 1.54. The average molecular weight is 489 g/mol. The highest BCUT2D eigenvalue weighted by Crippen LogP contribution is 2.26. The number of nitrogens with one attached hydrogen (secondary N) is 2. The van der Waals surface area contributed by atoms with E-state index in [-0.39, 0.29) is 12.2 Å². The number of hydrogen-bond donors (Lipinski definition) is 2. The van der Waals surface area contributed by atoms with Crippen LogP contribution in [-0.4, -0.2) is 30.4 Å². The first kappa shape index (κ1) is 24.4. The minimum atomic E-state index is -1.01. The van der Waals surface area contributed by atoms with Crippen LogP contribution >= 0.6 is 23.2 Å². The van der Waals surface area contributed by atoms with Crippen molar-refractivity contribution in [3.05, 3.63) is 93.9 Å². The van der Waals surface area contributed by atoms with Gasteiger partial charge in [-0.25, -0.2) is 4.79 Å². The summed E-state index contributed by atoms with van der Waals surface area (Å²) < 4.78 is 10.3. The van der Waals surface area contributed by atoms with Crippen molar-refractivity contribution >= 4 is 41.0 Å². The maximum atomic E-state index is 12.7. The molecule has 0 saturated heterocycles. The fourth-order valence-electron chi connectivity index (χ4n) is 3.13. The molecule has 0 fully saturated rings. The Morgan fingerprint density at radius 3 is 2.42 bits per heavy atom. The van der Waals surface area contributed by atoms with Crippen LogP contribution in [0.1, 0.15) is 34.6 Å². The van der Waals surface area contributed by atoms with Gasteiger partial charge in [-0.05, 0) is 42.3 Å². The topological polar surface area (TPSA) is 97.6 Å². The molecule has 0 radical (unpaired) electrons. The second-order valence-electron chi connectivity index (χ2n) is 7.26. The van der Waals surface area contributed by atoms with Crippen molar-refractivity contribution in [2.45, 2.75) is 25.4 Å². The largest absolute Gasteiger partial charge is 0.459 e. The molecule has 2 amide bonds. The lowest BCUT2D eigenvalue weighted by Gasteiger charge is -2.19. The molecule has 1 heterocycles. The molecule has 0 aliphatic rings. The van der Waals surface area contributed by atoms with E-state index in [1.807, 2.05) is 30.3 Å². The summed E-state index contributed by atoms with van der Waals surface area (Å²) in [6.45, 7) is 1.23.